The van der Waals surface area contributed by atoms with Crippen LogP contribution in [-0.2, 0) is 0 Å². The second kappa shape index (κ2) is 3.68. The Morgan fingerprint density at radius 3 is 3.13 bits per heavy atom. The van der Waals surface area contributed by atoms with Crippen molar-refractivity contribution in [1.29, 1.82) is 0 Å². The molecule has 0 aliphatic rings. The largest absolute Gasteiger partial charge is 0.352 e. The van der Waals surface area contributed by atoms with Crippen LogP contribution >= 0.6 is 0 Å². The number of fused-ring (bicyclic) bond motifs is 1. The summed E-state index contributed by atoms with van der Waals surface area (Å²) in [6.07, 6.45) is 1.48. The zero-order valence-corrected chi connectivity index (χ0v) is 8.57. The van der Waals surface area contributed by atoms with E-state index in [1.54, 1.807) is 6.07 Å². The van der Waals surface area contributed by atoms with E-state index < -0.39 is 0 Å². The van der Waals surface area contributed by atoms with E-state index in [1.807, 2.05) is 13.8 Å². The molecule has 0 bridgehead atoms. The molecule has 0 aliphatic heterocycles. The van der Waals surface area contributed by atoms with E-state index >= 15 is 0 Å². The van der Waals surface area contributed by atoms with E-state index in [4.69, 9.17) is 4.52 Å². The maximum Gasteiger partial charge on any atom is 0.257 e. The Labute approximate surface area is 86.5 Å². The van der Waals surface area contributed by atoms with Crippen LogP contribution in [0.1, 0.15) is 23.0 Å². The number of amides is 1. The predicted octanol–water partition coefficient (Wildman–Crippen LogP) is 1.28. The molecule has 5 heteroatoms. The van der Waals surface area contributed by atoms with Crippen molar-refractivity contribution in [3.63, 3.8) is 0 Å². The number of pyridine rings is 1. The van der Waals surface area contributed by atoms with Crippen LogP contribution in [-0.4, -0.2) is 22.6 Å². The minimum Gasteiger partial charge on any atom is -0.352 e. The Morgan fingerprint density at radius 1 is 1.60 bits per heavy atom. The molecule has 2 aromatic heterocycles. The van der Waals surface area contributed by atoms with Crippen LogP contribution in [0.15, 0.2) is 16.8 Å². The molecule has 0 aliphatic carbocycles. The molecule has 1 amide bonds. The fraction of sp³-hybridized carbons (Fsp3) is 0.300. The van der Waals surface area contributed by atoms with Gasteiger partial charge in [-0.2, -0.15) is 0 Å². The van der Waals surface area contributed by atoms with Crippen molar-refractivity contribution in [2.24, 2.45) is 0 Å². The van der Waals surface area contributed by atoms with Crippen LogP contribution < -0.4 is 5.32 Å². The lowest BCUT2D eigenvalue weighted by atomic mass is 10.2. The van der Waals surface area contributed by atoms with Crippen molar-refractivity contribution in [2.75, 3.05) is 6.54 Å². The lowest BCUT2D eigenvalue weighted by molar-refractivity contribution is 0.0955. The van der Waals surface area contributed by atoms with Gasteiger partial charge in [0.15, 0.2) is 0 Å². The Kier molecular flexibility index (Phi) is 2.37. The van der Waals surface area contributed by atoms with Gasteiger partial charge >= 0.3 is 0 Å². The molecule has 2 aromatic rings. The standard InChI is InChI=1S/C10H11N3O2/c1-3-11-9(14)7-4-8-6(2)13-15-10(8)12-5-7/h4-5H,3H2,1-2H3,(H,11,14). The third-order valence-corrected chi connectivity index (χ3v) is 2.11. The summed E-state index contributed by atoms with van der Waals surface area (Å²) in [5.74, 6) is -0.132. The summed E-state index contributed by atoms with van der Waals surface area (Å²) in [5, 5.41) is 7.26. The highest BCUT2D eigenvalue weighted by Crippen LogP contribution is 2.16. The molecule has 0 fully saturated rings. The van der Waals surface area contributed by atoms with Crippen molar-refractivity contribution in [2.45, 2.75) is 13.8 Å². The Balaban J connectivity index is 2.45. The molecule has 0 saturated carbocycles. The summed E-state index contributed by atoms with van der Waals surface area (Å²) in [7, 11) is 0. The summed E-state index contributed by atoms with van der Waals surface area (Å²) >= 11 is 0. The van der Waals surface area contributed by atoms with Crippen LogP contribution in [0.25, 0.3) is 11.1 Å². The maximum absolute atomic E-state index is 11.5. The first-order valence-corrected chi connectivity index (χ1v) is 4.72. The summed E-state index contributed by atoms with van der Waals surface area (Å²) < 4.78 is 4.95. The van der Waals surface area contributed by atoms with Crippen molar-refractivity contribution in [3.05, 3.63) is 23.5 Å². The van der Waals surface area contributed by atoms with Gasteiger partial charge in [0.05, 0.1) is 16.6 Å². The van der Waals surface area contributed by atoms with E-state index in [1.165, 1.54) is 6.20 Å². The predicted molar refractivity (Wildman–Crippen MR) is 54.5 cm³/mol. The van der Waals surface area contributed by atoms with Gasteiger partial charge < -0.3 is 9.84 Å². The highest BCUT2D eigenvalue weighted by molar-refractivity contribution is 5.96. The number of hydrogen-bond donors (Lipinski definition) is 1. The number of nitrogens with one attached hydrogen (secondary N) is 1. The van der Waals surface area contributed by atoms with Crippen molar-refractivity contribution >= 4 is 17.0 Å². The number of carbonyl (C=O) groups excluding carboxylic acids is 1. The number of aromatic nitrogens is 2. The van der Waals surface area contributed by atoms with Gasteiger partial charge in [0.2, 0.25) is 0 Å². The Hall–Kier alpha value is -1.91. The average molecular weight is 205 g/mol. The van der Waals surface area contributed by atoms with Gasteiger partial charge in [-0.05, 0) is 19.9 Å². The first-order valence-electron chi connectivity index (χ1n) is 4.72. The third-order valence-electron chi connectivity index (χ3n) is 2.11. The van der Waals surface area contributed by atoms with Gasteiger partial charge in [-0.25, -0.2) is 4.98 Å². The van der Waals surface area contributed by atoms with Crippen molar-refractivity contribution < 1.29 is 9.32 Å². The highest BCUT2D eigenvalue weighted by Gasteiger charge is 2.10. The van der Waals surface area contributed by atoms with E-state index in [2.05, 4.69) is 15.5 Å². The minimum atomic E-state index is -0.132. The third kappa shape index (κ3) is 1.68. The molecule has 0 spiro atoms. The summed E-state index contributed by atoms with van der Waals surface area (Å²) in [6.45, 7) is 4.28. The smallest absolute Gasteiger partial charge is 0.257 e. The zero-order chi connectivity index (χ0) is 10.8. The number of hydrogen-bond acceptors (Lipinski definition) is 4. The number of aryl methyl sites for hydroxylation is 1. The van der Waals surface area contributed by atoms with E-state index in [0.29, 0.717) is 17.8 Å². The van der Waals surface area contributed by atoms with Gasteiger partial charge in [-0.15, -0.1) is 0 Å². The molecular weight excluding hydrogens is 194 g/mol. The molecule has 15 heavy (non-hydrogen) atoms. The molecule has 78 valence electrons. The first-order chi connectivity index (χ1) is 7.22. The fourth-order valence-electron chi connectivity index (χ4n) is 1.33. The van der Waals surface area contributed by atoms with Gasteiger partial charge in [0, 0.05) is 12.7 Å². The van der Waals surface area contributed by atoms with E-state index in [0.717, 1.165) is 11.1 Å². The van der Waals surface area contributed by atoms with E-state index in [-0.39, 0.29) is 5.91 Å². The lowest BCUT2D eigenvalue weighted by Gasteiger charge is -2.00. The number of rotatable bonds is 2. The van der Waals surface area contributed by atoms with Gasteiger partial charge in [0.25, 0.3) is 11.6 Å². The number of nitrogens with zero attached hydrogens (tertiary/aromatic N) is 2. The summed E-state index contributed by atoms with van der Waals surface area (Å²) in [6, 6.07) is 1.74. The normalized spacial score (nSPS) is 10.5. The average Bonchev–Trinajstić information content (AvgIpc) is 2.60. The van der Waals surface area contributed by atoms with Crippen LogP contribution in [0.3, 0.4) is 0 Å². The molecule has 1 N–H and O–H groups in total. The lowest BCUT2D eigenvalue weighted by Crippen LogP contribution is -2.22. The highest BCUT2D eigenvalue weighted by atomic mass is 16.5. The molecule has 2 heterocycles. The van der Waals surface area contributed by atoms with Crippen LogP contribution in [0.2, 0.25) is 0 Å². The van der Waals surface area contributed by atoms with E-state index in [9.17, 15) is 4.79 Å². The summed E-state index contributed by atoms with van der Waals surface area (Å²) in [5.41, 5.74) is 1.72. The van der Waals surface area contributed by atoms with Gasteiger partial charge in [-0.3, -0.25) is 4.79 Å². The molecular formula is C10H11N3O2. The zero-order valence-electron chi connectivity index (χ0n) is 8.57. The SMILES string of the molecule is CCNC(=O)c1cnc2onc(C)c2c1. The second-order valence-corrected chi connectivity index (χ2v) is 3.20. The first kappa shape index (κ1) is 9.64. The quantitative estimate of drug-likeness (QED) is 0.801. The molecule has 0 saturated heterocycles. The molecule has 2 rings (SSSR count). The van der Waals surface area contributed by atoms with Crippen molar-refractivity contribution in [1.82, 2.24) is 15.5 Å². The molecule has 0 atom stereocenters. The molecule has 0 unspecified atom stereocenters. The topological polar surface area (TPSA) is 68.0 Å². The molecule has 0 radical (unpaired) electrons. The van der Waals surface area contributed by atoms with Gasteiger partial charge in [0.1, 0.15) is 0 Å². The minimum absolute atomic E-state index is 0.132. The van der Waals surface area contributed by atoms with Crippen LogP contribution in [0.5, 0.6) is 0 Å². The fourth-order valence-corrected chi connectivity index (χ4v) is 1.33. The number of carbonyl (C=O) groups is 1. The van der Waals surface area contributed by atoms with Crippen LogP contribution in [0, 0.1) is 6.92 Å². The molecule has 5 nitrogen and oxygen atoms in total. The second-order valence-electron chi connectivity index (χ2n) is 3.20. The maximum atomic E-state index is 11.5. The van der Waals surface area contributed by atoms with Gasteiger partial charge in [-0.1, -0.05) is 5.16 Å². The monoisotopic (exact) mass is 205 g/mol. The van der Waals surface area contributed by atoms with Crippen molar-refractivity contribution in [3.8, 4) is 0 Å². The Bertz CT molecular complexity index is 504. The molecule has 0 aromatic carbocycles. The van der Waals surface area contributed by atoms with Crippen LogP contribution in [0.4, 0.5) is 0 Å². The Morgan fingerprint density at radius 2 is 2.40 bits per heavy atom. The summed E-state index contributed by atoms with van der Waals surface area (Å²) in [4.78, 5) is 15.5.